The maximum atomic E-state index is 14.4. The van der Waals surface area contributed by atoms with E-state index in [1.54, 1.807) is 13.2 Å². The van der Waals surface area contributed by atoms with Gasteiger partial charge in [0.15, 0.2) is 0 Å². The summed E-state index contributed by atoms with van der Waals surface area (Å²) in [6.45, 7) is 1.86. The van der Waals surface area contributed by atoms with E-state index in [1.807, 2.05) is 60.7 Å². The number of barbiturate groups is 1. The molecule has 7 nitrogen and oxygen atoms in total. The van der Waals surface area contributed by atoms with Gasteiger partial charge in [-0.2, -0.15) is 0 Å². The van der Waals surface area contributed by atoms with E-state index in [0.29, 0.717) is 17.0 Å². The summed E-state index contributed by atoms with van der Waals surface area (Å²) in [5.41, 5.74) is 6.68. The van der Waals surface area contributed by atoms with E-state index in [-0.39, 0.29) is 17.4 Å². The molecular weight excluding hydrogens is 586 g/mol. The number of carbonyl (C=O) groups is 3. The molecular formula is C40H33N3O4. The lowest BCUT2D eigenvalue weighted by atomic mass is 9.76. The fourth-order valence-electron chi connectivity index (χ4n) is 7.61. The minimum absolute atomic E-state index is 0.0928. The van der Waals surface area contributed by atoms with Crippen molar-refractivity contribution in [1.82, 2.24) is 5.32 Å². The Labute approximate surface area is 273 Å². The second kappa shape index (κ2) is 11.6. The molecule has 1 saturated heterocycles. The van der Waals surface area contributed by atoms with Crippen LogP contribution in [0.2, 0.25) is 0 Å². The molecule has 0 aromatic heterocycles. The van der Waals surface area contributed by atoms with Crippen molar-refractivity contribution >= 4 is 46.1 Å². The largest absolute Gasteiger partial charge is 0.496 e. The third-order valence-electron chi connectivity index (χ3n) is 9.80. The highest BCUT2D eigenvalue weighted by molar-refractivity contribution is 6.39. The predicted molar refractivity (Wildman–Crippen MR) is 184 cm³/mol. The Bertz CT molecular complexity index is 2020. The Balaban J connectivity index is 1.30. The van der Waals surface area contributed by atoms with Crippen molar-refractivity contribution in [3.05, 3.63) is 143 Å². The van der Waals surface area contributed by atoms with E-state index >= 15 is 0 Å². The van der Waals surface area contributed by atoms with Crippen LogP contribution in [0.25, 0.3) is 16.8 Å². The monoisotopic (exact) mass is 619 g/mol. The van der Waals surface area contributed by atoms with Crippen LogP contribution in [0.15, 0.2) is 115 Å². The van der Waals surface area contributed by atoms with Crippen LogP contribution in [0.3, 0.4) is 0 Å². The van der Waals surface area contributed by atoms with E-state index < -0.39 is 17.8 Å². The zero-order valence-electron chi connectivity index (χ0n) is 26.0. The highest BCUT2D eigenvalue weighted by Crippen LogP contribution is 2.50. The number of nitrogens with one attached hydrogen (secondary N) is 1. The predicted octanol–water partition coefficient (Wildman–Crippen LogP) is 7.39. The van der Waals surface area contributed by atoms with Crippen LogP contribution < -0.4 is 19.9 Å². The van der Waals surface area contributed by atoms with Gasteiger partial charge in [-0.25, -0.2) is 9.69 Å². The summed E-state index contributed by atoms with van der Waals surface area (Å²) in [4.78, 5) is 44.9. The number of nitrogens with zero attached hydrogens (tertiary/aromatic N) is 2. The summed E-state index contributed by atoms with van der Waals surface area (Å²) >= 11 is 0. The molecule has 5 aromatic carbocycles. The van der Waals surface area contributed by atoms with Crippen LogP contribution >= 0.6 is 0 Å². The molecule has 4 amide bonds. The fourth-order valence-corrected chi connectivity index (χ4v) is 7.61. The highest BCUT2D eigenvalue weighted by atomic mass is 16.5. The molecule has 0 saturated carbocycles. The van der Waals surface area contributed by atoms with Crippen molar-refractivity contribution in [3.63, 3.8) is 0 Å². The number of rotatable bonds is 5. The van der Waals surface area contributed by atoms with Gasteiger partial charge < -0.3 is 9.64 Å². The maximum absolute atomic E-state index is 14.4. The Kier molecular flexibility index (Phi) is 7.09. The zero-order valence-corrected chi connectivity index (χ0v) is 26.0. The quantitative estimate of drug-likeness (QED) is 0.164. The molecule has 0 radical (unpaired) electrons. The molecule has 3 heterocycles. The van der Waals surface area contributed by atoms with Gasteiger partial charge in [-0.1, -0.05) is 91.0 Å². The van der Waals surface area contributed by atoms with Gasteiger partial charge >= 0.3 is 6.03 Å². The van der Waals surface area contributed by atoms with Gasteiger partial charge in [0, 0.05) is 36.2 Å². The number of hydrogen-bond acceptors (Lipinski definition) is 5. The Hall–Kier alpha value is -5.69. The second-order valence-electron chi connectivity index (χ2n) is 12.3. The van der Waals surface area contributed by atoms with Gasteiger partial charge in [0.1, 0.15) is 11.3 Å². The SMILES string of the molecule is COc1ccc2ccccc2c1/C=C1\C(=O)NC(=O)N(c2cc3c4c(c2)[C@@H](c2ccccc2)CCN4CC[C@@H]3c2ccccc2)C1=O. The van der Waals surface area contributed by atoms with Crippen LogP contribution in [0.5, 0.6) is 5.75 Å². The fraction of sp³-hybridized carbons (Fsp3) is 0.175. The first kappa shape index (κ1) is 28.8. The topological polar surface area (TPSA) is 79.0 Å². The number of fused-ring (bicyclic) bond motifs is 1. The standard InChI is InChI=1S/C40H33N3O4/c1-47-36-17-16-27-14-8-9-15-29(27)32(36)24-35-38(44)41-40(46)43(39(35)45)28-22-33-30(25-10-4-2-5-11-25)18-20-42-21-19-31(34(23-28)37(33)42)26-12-6-3-7-13-26/h2-17,22-24,30-31H,18-21H2,1H3,(H,41,44,46)/b35-24+/t30-,31-/m1/s1. The molecule has 0 unspecified atom stereocenters. The third-order valence-corrected chi connectivity index (χ3v) is 9.80. The van der Waals surface area contributed by atoms with E-state index in [2.05, 4.69) is 58.7 Å². The summed E-state index contributed by atoms with van der Waals surface area (Å²) in [6, 6.07) is 35.5. The minimum Gasteiger partial charge on any atom is -0.496 e. The molecule has 2 atom stereocenters. The molecule has 5 aromatic rings. The van der Waals surface area contributed by atoms with Crippen molar-refractivity contribution in [2.45, 2.75) is 24.7 Å². The van der Waals surface area contributed by atoms with Crippen molar-refractivity contribution < 1.29 is 19.1 Å². The van der Waals surface area contributed by atoms with Gasteiger partial charge in [0.05, 0.1) is 12.8 Å². The third kappa shape index (κ3) is 4.86. The zero-order chi connectivity index (χ0) is 32.1. The molecule has 1 fully saturated rings. The Morgan fingerprint density at radius 3 is 1.96 bits per heavy atom. The van der Waals surface area contributed by atoms with Gasteiger partial charge in [0.2, 0.25) is 0 Å². The number of benzene rings is 5. The van der Waals surface area contributed by atoms with Crippen LogP contribution in [-0.2, 0) is 9.59 Å². The van der Waals surface area contributed by atoms with E-state index in [0.717, 1.165) is 52.7 Å². The van der Waals surface area contributed by atoms with Crippen LogP contribution in [-0.4, -0.2) is 38.0 Å². The molecule has 47 heavy (non-hydrogen) atoms. The van der Waals surface area contributed by atoms with Gasteiger partial charge in [-0.05, 0) is 70.1 Å². The number of methoxy groups -OCH3 is 1. The summed E-state index contributed by atoms with van der Waals surface area (Å²) in [6.07, 6.45) is 3.38. The van der Waals surface area contributed by atoms with Gasteiger partial charge in [-0.3, -0.25) is 14.9 Å². The lowest BCUT2D eigenvalue weighted by molar-refractivity contribution is -0.122. The molecule has 7 heteroatoms. The van der Waals surface area contributed by atoms with Crippen LogP contribution in [0.1, 0.15) is 52.5 Å². The maximum Gasteiger partial charge on any atom is 0.335 e. The first-order chi connectivity index (χ1) is 23.0. The van der Waals surface area contributed by atoms with Gasteiger partial charge in [-0.15, -0.1) is 0 Å². The lowest BCUT2D eigenvalue weighted by Crippen LogP contribution is -2.54. The number of carbonyl (C=O) groups excluding carboxylic acids is 3. The smallest absolute Gasteiger partial charge is 0.335 e. The lowest BCUT2D eigenvalue weighted by Gasteiger charge is -2.44. The van der Waals surface area contributed by atoms with E-state index in [9.17, 15) is 14.4 Å². The molecule has 0 aliphatic carbocycles. The molecule has 0 bridgehead atoms. The van der Waals surface area contributed by atoms with E-state index in [1.165, 1.54) is 16.8 Å². The number of anilines is 2. The van der Waals surface area contributed by atoms with Crippen molar-refractivity contribution in [3.8, 4) is 5.75 Å². The van der Waals surface area contributed by atoms with Crippen LogP contribution in [0, 0.1) is 0 Å². The van der Waals surface area contributed by atoms with Gasteiger partial charge in [0.25, 0.3) is 11.8 Å². The average Bonchev–Trinajstić information content (AvgIpc) is 3.11. The van der Waals surface area contributed by atoms with Crippen molar-refractivity contribution in [2.75, 3.05) is 30.0 Å². The Morgan fingerprint density at radius 1 is 0.745 bits per heavy atom. The number of ether oxygens (including phenoxy) is 1. The molecule has 3 aliphatic rings. The summed E-state index contributed by atoms with van der Waals surface area (Å²) in [7, 11) is 1.55. The van der Waals surface area contributed by atoms with Crippen molar-refractivity contribution in [2.24, 2.45) is 0 Å². The Morgan fingerprint density at radius 2 is 1.34 bits per heavy atom. The minimum atomic E-state index is -0.759. The molecule has 3 aliphatic heterocycles. The average molecular weight is 620 g/mol. The van der Waals surface area contributed by atoms with Crippen molar-refractivity contribution in [1.29, 1.82) is 0 Å². The normalized spacial score (nSPS) is 19.9. The summed E-state index contributed by atoms with van der Waals surface area (Å²) in [5.74, 6) is -0.696. The van der Waals surface area contributed by atoms with E-state index in [4.69, 9.17) is 4.74 Å². The molecule has 8 rings (SSSR count). The van der Waals surface area contributed by atoms with Crippen LogP contribution in [0.4, 0.5) is 16.2 Å². The number of hydrogen-bond donors (Lipinski definition) is 1. The second-order valence-corrected chi connectivity index (χ2v) is 12.3. The molecule has 232 valence electrons. The first-order valence-corrected chi connectivity index (χ1v) is 16.0. The highest BCUT2D eigenvalue weighted by Gasteiger charge is 2.40. The summed E-state index contributed by atoms with van der Waals surface area (Å²) < 4.78 is 5.64. The molecule has 1 N–H and O–H groups in total. The molecule has 0 spiro atoms. The summed E-state index contributed by atoms with van der Waals surface area (Å²) in [5, 5.41) is 4.22. The number of imide groups is 2. The first-order valence-electron chi connectivity index (χ1n) is 16.0. The number of urea groups is 1. The number of amides is 4.